The van der Waals surface area contributed by atoms with Gasteiger partial charge in [-0.3, -0.25) is 14.9 Å². The lowest BCUT2D eigenvalue weighted by atomic mass is 10.2. The third kappa shape index (κ3) is 4.45. The van der Waals surface area contributed by atoms with Crippen molar-refractivity contribution in [2.45, 2.75) is 0 Å². The number of hydrogen-bond donors (Lipinski definition) is 2. The zero-order valence-corrected chi connectivity index (χ0v) is 17.8. The maximum atomic E-state index is 12.5. The molecule has 29 heavy (non-hydrogen) atoms. The lowest BCUT2D eigenvalue weighted by Gasteiger charge is -2.04. The van der Waals surface area contributed by atoms with Crippen LogP contribution in [0.25, 0.3) is 22.6 Å². The van der Waals surface area contributed by atoms with E-state index in [1.165, 1.54) is 17.5 Å². The first kappa shape index (κ1) is 19.5. The molecule has 0 aliphatic carbocycles. The number of hydrogen-bond acceptors (Lipinski definition) is 5. The number of benzene rings is 2. The van der Waals surface area contributed by atoms with E-state index in [9.17, 15) is 9.59 Å². The van der Waals surface area contributed by atoms with Crippen LogP contribution in [-0.2, 0) is 0 Å². The number of carbonyl (C=O) groups is 1. The Morgan fingerprint density at radius 2 is 1.76 bits per heavy atom. The van der Waals surface area contributed by atoms with E-state index in [2.05, 4.69) is 36.2 Å². The number of H-pyrrole nitrogens is 1. The minimum Gasteiger partial charge on any atom is -0.306 e. The summed E-state index contributed by atoms with van der Waals surface area (Å²) in [6, 6.07) is 14.6. The fourth-order valence-electron chi connectivity index (χ4n) is 2.56. The fourth-order valence-corrected chi connectivity index (χ4v) is 3.66. The molecule has 0 aliphatic heterocycles. The van der Waals surface area contributed by atoms with Crippen molar-refractivity contribution in [2.24, 2.45) is 0 Å². The summed E-state index contributed by atoms with van der Waals surface area (Å²) in [6.07, 6.45) is 1.25. The average molecular weight is 488 g/mol. The summed E-state index contributed by atoms with van der Waals surface area (Å²) >= 11 is 10.5. The van der Waals surface area contributed by atoms with Crippen molar-refractivity contribution in [1.82, 2.24) is 15.0 Å². The summed E-state index contributed by atoms with van der Waals surface area (Å²) < 4.78 is 0.971. The van der Waals surface area contributed by atoms with Gasteiger partial charge >= 0.3 is 0 Å². The molecule has 0 atom stereocenters. The van der Waals surface area contributed by atoms with Crippen LogP contribution in [0.4, 0.5) is 5.13 Å². The van der Waals surface area contributed by atoms with Gasteiger partial charge in [-0.25, -0.2) is 9.97 Å². The minimum absolute atomic E-state index is 0.0943. The maximum Gasteiger partial charge on any atom is 0.264 e. The van der Waals surface area contributed by atoms with Gasteiger partial charge in [-0.05, 0) is 36.4 Å². The molecule has 0 saturated carbocycles. The molecule has 2 N–H and O–H groups in total. The van der Waals surface area contributed by atoms with E-state index >= 15 is 0 Å². The highest BCUT2D eigenvalue weighted by Gasteiger charge is 2.15. The number of anilines is 1. The third-order valence-electron chi connectivity index (χ3n) is 4.03. The fraction of sp³-hybridized carbons (Fsp3) is 0. The van der Waals surface area contributed by atoms with Gasteiger partial charge in [0.15, 0.2) is 5.13 Å². The predicted octanol–water partition coefficient (Wildman–Crippen LogP) is 5.23. The number of thiazole rings is 1. The van der Waals surface area contributed by atoms with Crippen molar-refractivity contribution in [3.8, 4) is 22.6 Å². The number of nitrogens with one attached hydrogen (secondary N) is 2. The van der Waals surface area contributed by atoms with Crippen LogP contribution in [0.5, 0.6) is 0 Å². The van der Waals surface area contributed by atoms with Gasteiger partial charge in [-0.2, -0.15) is 0 Å². The normalized spacial score (nSPS) is 10.7. The van der Waals surface area contributed by atoms with Crippen LogP contribution in [0, 0.1) is 0 Å². The van der Waals surface area contributed by atoms with E-state index in [4.69, 9.17) is 11.6 Å². The smallest absolute Gasteiger partial charge is 0.264 e. The van der Waals surface area contributed by atoms with Crippen LogP contribution >= 0.6 is 38.9 Å². The summed E-state index contributed by atoms with van der Waals surface area (Å²) in [5.41, 5.74) is 1.73. The van der Waals surface area contributed by atoms with Gasteiger partial charge in [0.05, 0.1) is 5.69 Å². The Morgan fingerprint density at radius 1 is 1.07 bits per heavy atom. The SMILES string of the molecule is O=C(Nc1nc(-c2ccc(Br)cc2)cs1)c1cnc(-c2ccc(Cl)cc2)[nH]c1=O. The molecule has 9 heteroatoms. The van der Waals surface area contributed by atoms with Crippen molar-refractivity contribution in [3.05, 3.63) is 85.5 Å². The van der Waals surface area contributed by atoms with Crippen molar-refractivity contribution >= 4 is 49.9 Å². The molecule has 0 aliphatic rings. The zero-order valence-electron chi connectivity index (χ0n) is 14.6. The molecule has 0 bridgehead atoms. The van der Waals surface area contributed by atoms with Crippen molar-refractivity contribution < 1.29 is 4.79 Å². The standard InChI is InChI=1S/C20H12BrClN4O2S/c21-13-5-1-11(2-6-13)16-10-29-20(24-16)26-19(28)15-9-23-17(25-18(15)27)12-3-7-14(22)8-4-12/h1-10H,(H,23,25,27)(H,24,26,28). The molecule has 2 aromatic carbocycles. The van der Waals surface area contributed by atoms with Crippen LogP contribution < -0.4 is 10.9 Å². The number of rotatable bonds is 4. The highest BCUT2D eigenvalue weighted by atomic mass is 79.9. The molecule has 144 valence electrons. The molecule has 0 unspecified atom stereocenters. The summed E-state index contributed by atoms with van der Waals surface area (Å²) in [6.45, 7) is 0. The Morgan fingerprint density at radius 3 is 2.45 bits per heavy atom. The summed E-state index contributed by atoms with van der Waals surface area (Å²) in [5.74, 6) is -0.215. The molecule has 0 saturated heterocycles. The quantitative estimate of drug-likeness (QED) is 0.413. The van der Waals surface area contributed by atoms with Gasteiger partial charge in [0.25, 0.3) is 11.5 Å². The van der Waals surface area contributed by atoms with Crippen molar-refractivity contribution in [3.63, 3.8) is 0 Å². The largest absolute Gasteiger partial charge is 0.306 e. The van der Waals surface area contributed by atoms with Gasteiger partial charge in [0, 0.05) is 32.2 Å². The Balaban J connectivity index is 1.52. The van der Waals surface area contributed by atoms with E-state index in [1.807, 2.05) is 29.6 Å². The summed E-state index contributed by atoms with van der Waals surface area (Å²) in [7, 11) is 0. The molecule has 2 heterocycles. The molecule has 0 radical (unpaired) electrons. The third-order valence-corrected chi connectivity index (χ3v) is 5.56. The van der Waals surface area contributed by atoms with Crippen LogP contribution in [0.3, 0.4) is 0 Å². The second-order valence-corrected chi connectivity index (χ2v) is 8.19. The van der Waals surface area contributed by atoms with E-state index in [-0.39, 0.29) is 5.56 Å². The molecular weight excluding hydrogens is 476 g/mol. The van der Waals surface area contributed by atoms with Crippen LogP contribution in [0.15, 0.2) is 69.4 Å². The average Bonchev–Trinajstić information content (AvgIpc) is 3.17. The molecule has 1 amide bonds. The number of halogens is 2. The Kier molecular flexibility index (Phi) is 5.57. The van der Waals surface area contributed by atoms with Gasteiger partial charge < -0.3 is 4.98 Å². The Labute approximate surface area is 182 Å². The van der Waals surface area contributed by atoms with Crippen molar-refractivity contribution in [2.75, 3.05) is 5.32 Å². The molecule has 4 rings (SSSR count). The first-order valence-electron chi connectivity index (χ1n) is 8.38. The topological polar surface area (TPSA) is 87.7 Å². The second kappa shape index (κ2) is 8.28. The van der Waals surface area contributed by atoms with E-state index < -0.39 is 11.5 Å². The highest BCUT2D eigenvalue weighted by Crippen LogP contribution is 2.26. The van der Waals surface area contributed by atoms with Gasteiger partial charge in [0.2, 0.25) is 0 Å². The molecule has 2 aromatic heterocycles. The lowest BCUT2D eigenvalue weighted by Crippen LogP contribution is -2.24. The van der Waals surface area contributed by atoms with Gasteiger partial charge in [-0.15, -0.1) is 11.3 Å². The monoisotopic (exact) mass is 486 g/mol. The molecule has 6 nitrogen and oxygen atoms in total. The summed E-state index contributed by atoms with van der Waals surface area (Å²) in [4.78, 5) is 36.1. The molecule has 0 spiro atoms. The minimum atomic E-state index is -0.571. The zero-order chi connectivity index (χ0) is 20.4. The first-order valence-corrected chi connectivity index (χ1v) is 10.4. The Hall–Kier alpha value is -2.81. The first-order chi connectivity index (χ1) is 14.0. The number of aromatic nitrogens is 3. The highest BCUT2D eigenvalue weighted by molar-refractivity contribution is 9.10. The number of amides is 1. The lowest BCUT2D eigenvalue weighted by molar-refractivity contribution is 0.102. The van der Waals surface area contributed by atoms with E-state index in [0.29, 0.717) is 21.5 Å². The Bertz CT molecular complexity index is 1240. The molecule has 4 aromatic rings. The maximum absolute atomic E-state index is 12.5. The number of carbonyl (C=O) groups excluding carboxylic acids is 1. The second-order valence-electron chi connectivity index (χ2n) is 5.98. The molecular formula is C20H12BrClN4O2S. The van der Waals surface area contributed by atoms with Crippen LogP contribution in [0.2, 0.25) is 5.02 Å². The van der Waals surface area contributed by atoms with Gasteiger partial charge in [-0.1, -0.05) is 39.7 Å². The van der Waals surface area contributed by atoms with E-state index in [0.717, 1.165) is 15.7 Å². The number of aromatic amines is 1. The molecule has 0 fully saturated rings. The predicted molar refractivity (Wildman–Crippen MR) is 119 cm³/mol. The van der Waals surface area contributed by atoms with Crippen LogP contribution in [0.1, 0.15) is 10.4 Å². The van der Waals surface area contributed by atoms with Crippen LogP contribution in [-0.4, -0.2) is 20.9 Å². The van der Waals surface area contributed by atoms with Gasteiger partial charge in [0.1, 0.15) is 11.4 Å². The van der Waals surface area contributed by atoms with Crippen molar-refractivity contribution in [1.29, 1.82) is 0 Å². The number of nitrogens with zero attached hydrogens (tertiary/aromatic N) is 2. The summed E-state index contributed by atoms with van der Waals surface area (Å²) in [5, 5.41) is 5.47. The van der Waals surface area contributed by atoms with E-state index in [1.54, 1.807) is 24.3 Å².